The number of alkyl halides is 3. The monoisotopic (exact) mass is 503 g/mol. The van der Waals surface area contributed by atoms with E-state index in [2.05, 4.69) is 29.0 Å². The molecule has 3 heterocycles. The van der Waals surface area contributed by atoms with Crippen LogP contribution in [-0.4, -0.2) is 57.5 Å². The fourth-order valence-electron chi connectivity index (χ4n) is 6.02. The maximum atomic E-state index is 14.0. The van der Waals surface area contributed by atoms with Crippen LogP contribution in [-0.2, 0) is 28.7 Å². The first-order valence-corrected chi connectivity index (χ1v) is 12.7. The number of hydrogen-bond acceptors (Lipinski definition) is 5. The van der Waals surface area contributed by atoms with E-state index in [9.17, 15) is 18.0 Å². The molecule has 1 saturated heterocycles. The Morgan fingerprint density at radius 2 is 2.03 bits per heavy atom. The zero-order valence-corrected chi connectivity index (χ0v) is 20.7. The second-order valence-corrected chi connectivity index (χ2v) is 10.5. The molecule has 10 heteroatoms. The lowest BCUT2D eigenvalue weighted by Gasteiger charge is -2.40. The first-order valence-electron chi connectivity index (χ1n) is 12.7. The van der Waals surface area contributed by atoms with Gasteiger partial charge in [-0.05, 0) is 54.9 Å². The average Bonchev–Trinajstić information content (AvgIpc) is 3.54. The van der Waals surface area contributed by atoms with Gasteiger partial charge >= 0.3 is 6.18 Å². The van der Waals surface area contributed by atoms with Crippen LogP contribution in [0.2, 0.25) is 0 Å². The topological polar surface area (TPSA) is 83.5 Å². The number of aromatic amines is 1. The third kappa shape index (κ3) is 4.67. The molecule has 1 aliphatic carbocycles. The summed E-state index contributed by atoms with van der Waals surface area (Å²) >= 11 is 0. The zero-order valence-electron chi connectivity index (χ0n) is 20.7. The fourth-order valence-corrected chi connectivity index (χ4v) is 6.02. The van der Waals surface area contributed by atoms with Gasteiger partial charge in [0.05, 0.1) is 30.2 Å². The number of halogens is 3. The zero-order chi connectivity index (χ0) is 25.5. The van der Waals surface area contributed by atoms with Gasteiger partial charge in [-0.25, -0.2) is 4.98 Å². The van der Waals surface area contributed by atoms with Crippen LogP contribution in [0.3, 0.4) is 0 Å². The molecule has 2 fully saturated rings. The number of hydrogen-bond donors (Lipinski definition) is 1. The SMILES string of the molecule is CC(C)[C@]1(C(=O)N2CCc3c(cc(C(F)(F)F)cc3-c3ncn[nH]3)C2)CC[C@@H](N=C2CCOCC2)C1. The third-order valence-corrected chi connectivity index (χ3v) is 8.11. The van der Waals surface area contributed by atoms with E-state index in [1.807, 2.05) is 0 Å². The Kier molecular flexibility index (Phi) is 6.65. The van der Waals surface area contributed by atoms with Gasteiger partial charge in [0.2, 0.25) is 5.91 Å². The minimum absolute atomic E-state index is 0.0384. The van der Waals surface area contributed by atoms with Crippen LogP contribution in [0, 0.1) is 11.3 Å². The Morgan fingerprint density at radius 3 is 2.69 bits per heavy atom. The predicted molar refractivity (Wildman–Crippen MR) is 128 cm³/mol. The lowest BCUT2D eigenvalue weighted by molar-refractivity contribution is -0.145. The van der Waals surface area contributed by atoms with Crippen molar-refractivity contribution >= 4 is 11.6 Å². The van der Waals surface area contributed by atoms with Gasteiger partial charge in [-0.3, -0.25) is 14.9 Å². The Morgan fingerprint density at radius 1 is 1.25 bits per heavy atom. The number of nitrogens with zero attached hydrogens (tertiary/aromatic N) is 4. The van der Waals surface area contributed by atoms with Crippen molar-refractivity contribution in [1.82, 2.24) is 20.1 Å². The molecule has 1 aromatic carbocycles. The summed E-state index contributed by atoms with van der Waals surface area (Å²) in [5, 5.41) is 6.50. The molecule has 2 aliphatic heterocycles. The Hall–Kier alpha value is -2.75. The number of carbonyl (C=O) groups excluding carboxylic acids is 1. The molecular formula is C26H32F3N5O2. The number of amides is 1. The molecule has 2 aromatic rings. The lowest BCUT2D eigenvalue weighted by atomic mass is 9.73. The van der Waals surface area contributed by atoms with Gasteiger partial charge in [0.1, 0.15) is 6.33 Å². The minimum Gasteiger partial charge on any atom is -0.381 e. The Bertz CT molecular complexity index is 1140. The van der Waals surface area contributed by atoms with E-state index >= 15 is 0 Å². The first-order chi connectivity index (χ1) is 17.2. The second-order valence-electron chi connectivity index (χ2n) is 10.5. The van der Waals surface area contributed by atoms with Gasteiger partial charge in [0, 0.05) is 37.2 Å². The van der Waals surface area contributed by atoms with Crippen molar-refractivity contribution in [1.29, 1.82) is 0 Å². The summed E-state index contributed by atoms with van der Waals surface area (Å²) in [6.45, 7) is 6.16. The van der Waals surface area contributed by atoms with Crippen LogP contribution >= 0.6 is 0 Å². The van der Waals surface area contributed by atoms with Crippen molar-refractivity contribution in [3.05, 3.63) is 35.2 Å². The molecule has 5 rings (SSSR count). The van der Waals surface area contributed by atoms with Crippen LogP contribution in [0.25, 0.3) is 11.4 Å². The smallest absolute Gasteiger partial charge is 0.381 e. The van der Waals surface area contributed by atoms with E-state index in [0.717, 1.165) is 37.3 Å². The number of aliphatic imine (C=N–C) groups is 1. The molecule has 3 aliphatic rings. The van der Waals surface area contributed by atoms with Gasteiger partial charge in [0.25, 0.3) is 0 Å². The summed E-state index contributed by atoms with van der Waals surface area (Å²) in [4.78, 5) is 24.8. The number of ether oxygens (including phenoxy) is 1. The van der Waals surface area contributed by atoms with E-state index in [4.69, 9.17) is 9.73 Å². The van der Waals surface area contributed by atoms with Crippen molar-refractivity contribution in [2.45, 2.75) is 71.1 Å². The number of benzene rings is 1. The molecule has 0 bridgehead atoms. The van der Waals surface area contributed by atoms with Crippen molar-refractivity contribution < 1.29 is 22.7 Å². The maximum absolute atomic E-state index is 14.0. The van der Waals surface area contributed by atoms with Gasteiger partial charge in [-0.15, -0.1) is 0 Å². The number of aromatic nitrogens is 3. The van der Waals surface area contributed by atoms with Crippen molar-refractivity contribution in [2.24, 2.45) is 16.3 Å². The molecule has 1 aromatic heterocycles. The molecule has 1 N–H and O–H groups in total. The minimum atomic E-state index is -4.50. The second kappa shape index (κ2) is 9.61. The van der Waals surface area contributed by atoms with E-state index in [1.165, 1.54) is 18.1 Å². The highest BCUT2D eigenvalue weighted by Gasteiger charge is 2.50. The van der Waals surface area contributed by atoms with Gasteiger partial charge in [-0.2, -0.15) is 18.3 Å². The number of fused-ring (bicyclic) bond motifs is 1. The van der Waals surface area contributed by atoms with Gasteiger partial charge in [0.15, 0.2) is 5.82 Å². The van der Waals surface area contributed by atoms with Crippen LogP contribution in [0.1, 0.15) is 62.6 Å². The number of nitrogens with one attached hydrogen (secondary N) is 1. The molecule has 0 radical (unpaired) electrons. The molecule has 1 saturated carbocycles. The summed E-state index contributed by atoms with van der Waals surface area (Å²) in [5.41, 5.74) is 1.59. The quantitative estimate of drug-likeness (QED) is 0.649. The third-order valence-electron chi connectivity index (χ3n) is 8.11. The normalized spacial score (nSPS) is 24.8. The van der Waals surface area contributed by atoms with E-state index in [1.54, 1.807) is 4.90 Å². The predicted octanol–water partition coefficient (Wildman–Crippen LogP) is 4.82. The molecule has 36 heavy (non-hydrogen) atoms. The van der Waals surface area contributed by atoms with Gasteiger partial charge in [-0.1, -0.05) is 13.8 Å². The number of H-pyrrole nitrogens is 1. The Balaban J connectivity index is 1.42. The maximum Gasteiger partial charge on any atom is 0.416 e. The lowest BCUT2D eigenvalue weighted by Crippen LogP contribution is -2.47. The van der Waals surface area contributed by atoms with E-state index in [-0.39, 0.29) is 24.4 Å². The van der Waals surface area contributed by atoms with Crippen molar-refractivity contribution in [3.8, 4) is 11.4 Å². The van der Waals surface area contributed by atoms with E-state index < -0.39 is 17.2 Å². The van der Waals surface area contributed by atoms with Crippen molar-refractivity contribution in [2.75, 3.05) is 19.8 Å². The van der Waals surface area contributed by atoms with E-state index in [0.29, 0.717) is 49.6 Å². The standard InChI is InChI=1S/C26H32F3N5O2/c1-16(2)25(7-3-20(13-25)32-19-5-9-36-10-6-19)24(35)34-8-4-21-17(14-34)11-18(26(27,28)29)12-22(21)23-30-15-31-33-23/h11-12,15-16,20H,3-10,13-14H2,1-2H3,(H,30,31,33)/t20-,25+/m1/s1. The Labute approximate surface area is 208 Å². The molecule has 2 atom stereocenters. The summed E-state index contributed by atoms with van der Waals surface area (Å²) in [7, 11) is 0. The van der Waals surface area contributed by atoms with Crippen LogP contribution in [0.5, 0.6) is 0 Å². The summed E-state index contributed by atoms with van der Waals surface area (Å²) < 4.78 is 46.6. The summed E-state index contributed by atoms with van der Waals surface area (Å²) in [6.07, 6.45) is 1.22. The van der Waals surface area contributed by atoms with Gasteiger partial charge < -0.3 is 9.64 Å². The fraction of sp³-hybridized carbons (Fsp3) is 0.615. The van der Waals surface area contributed by atoms with Crippen molar-refractivity contribution in [3.63, 3.8) is 0 Å². The number of carbonyl (C=O) groups is 1. The first kappa shape index (κ1) is 24.9. The van der Waals surface area contributed by atoms with Crippen LogP contribution in [0.15, 0.2) is 23.5 Å². The molecule has 0 unspecified atom stereocenters. The van der Waals surface area contributed by atoms with Crippen LogP contribution in [0.4, 0.5) is 13.2 Å². The largest absolute Gasteiger partial charge is 0.416 e. The highest BCUT2D eigenvalue weighted by Crippen LogP contribution is 2.48. The molecule has 0 spiro atoms. The summed E-state index contributed by atoms with van der Waals surface area (Å²) in [5.74, 6) is 0.454. The average molecular weight is 504 g/mol. The highest BCUT2D eigenvalue weighted by molar-refractivity contribution is 5.86. The van der Waals surface area contributed by atoms with Crippen LogP contribution < -0.4 is 0 Å². The summed E-state index contributed by atoms with van der Waals surface area (Å²) in [6, 6.07) is 2.42. The highest BCUT2D eigenvalue weighted by atomic mass is 19.4. The molecule has 1 amide bonds. The molecule has 7 nitrogen and oxygen atoms in total. The number of rotatable bonds is 4. The molecular weight excluding hydrogens is 471 g/mol. The molecule has 194 valence electrons.